The Bertz CT molecular complexity index is 1380. The number of ether oxygens (including phenoxy) is 2. The van der Waals surface area contributed by atoms with Gasteiger partial charge in [0.1, 0.15) is 11.5 Å². The molecule has 2 aromatic carbocycles. The van der Waals surface area contributed by atoms with Crippen LogP contribution in [0.15, 0.2) is 48.7 Å². The second-order valence-electron chi connectivity index (χ2n) is 11.8. The summed E-state index contributed by atoms with van der Waals surface area (Å²) in [4.78, 5) is 25.2. The normalized spacial score (nSPS) is 27.4. The van der Waals surface area contributed by atoms with E-state index in [2.05, 4.69) is 35.4 Å². The molecule has 0 N–H and O–H groups in total. The summed E-state index contributed by atoms with van der Waals surface area (Å²) < 4.78 is 12.2. The van der Waals surface area contributed by atoms with Crippen LogP contribution in [0, 0.1) is 23.2 Å². The Morgan fingerprint density at radius 1 is 1.13 bits per heavy atom. The first-order valence-corrected chi connectivity index (χ1v) is 14.2. The monoisotopic (exact) mass is 527 g/mol. The molecule has 0 unspecified atom stereocenters. The number of nitrogens with zero attached hydrogens (tertiary/aromatic N) is 3. The van der Waals surface area contributed by atoms with Crippen LogP contribution in [0.4, 0.5) is 0 Å². The number of esters is 1. The lowest BCUT2D eigenvalue weighted by molar-refractivity contribution is -0.129. The highest BCUT2D eigenvalue weighted by Gasteiger charge is 2.58. The summed E-state index contributed by atoms with van der Waals surface area (Å²) in [6, 6.07) is 13.9. The topological polar surface area (TPSA) is 83.3 Å². The number of aryl methyl sites for hydroxylation is 2. The van der Waals surface area contributed by atoms with Crippen molar-refractivity contribution in [2.24, 2.45) is 23.2 Å². The van der Waals surface area contributed by atoms with Crippen molar-refractivity contribution in [1.82, 2.24) is 15.0 Å². The summed E-state index contributed by atoms with van der Waals surface area (Å²) in [6.45, 7) is 3.01. The maximum Gasteiger partial charge on any atom is 0.337 e. The van der Waals surface area contributed by atoms with E-state index >= 15 is 0 Å². The van der Waals surface area contributed by atoms with Gasteiger partial charge in [0, 0.05) is 23.9 Å². The van der Waals surface area contributed by atoms with Crippen molar-refractivity contribution >= 4 is 11.8 Å². The van der Waals surface area contributed by atoms with Gasteiger partial charge in [0.2, 0.25) is 0 Å². The van der Waals surface area contributed by atoms with Crippen LogP contribution in [0.5, 0.6) is 5.75 Å². The zero-order valence-electron chi connectivity index (χ0n) is 23.1. The number of Topliss-reactive ketones (excluding diaryl/α,β-unsaturated/α-hetero) is 1. The molecule has 0 amide bonds. The summed E-state index contributed by atoms with van der Waals surface area (Å²) in [5, 5.41) is 8.50. The number of methoxy groups -OCH3 is 2. The number of carbonyl (C=O) groups is 2. The second kappa shape index (κ2) is 10.2. The maximum absolute atomic E-state index is 13.4. The minimum absolute atomic E-state index is 0.185. The Morgan fingerprint density at radius 3 is 2.72 bits per heavy atom. The lowest BCUT2D eigenvalue weighted by atomic mass is 9.54. The quantitative estimate of drug-likeness (QED) is 0.357. The Morgan fingerprint density at radius 2 is 1.95 bits per heavy atom. The number of hydrogen-bond donors (Lipinski definition) is 0. The molecule has 1 heterocycles. The van der Waals surface area contributed by atoms with Crippen LogP contribution >= 0.6 is 0 Å². The zero-order valence-corrected chi connectivity index (χ0v) is 23.1. The number of carbonyl (C=O) groups excluding carboxylic acids is 2. The van der Waals surface area contributed by atoms with Crippen molar-refractivity contribution < 1.29 is 19.1 Å². The molecule has 0 radical (unpaired) electrons. The number of benzene rings is 2. The second-order valence-corrected chi connectivity index (χ2v) is 11.8. The fourth-order valence-electron chi connectivity index (χ4n) is 8.05. The van der Waals surface area contributed by atoms with Crippen LogP contribution < -0.4 is 4.74 Å². The lowest BCUT2D eigenvalue weighted by Crippen LogP contribution is -2.44. The van der Waals surface area contributed by atoms with E-state index in [0.717, 1.165) is 62.1 Å². The summed E-state index contributed by atoms with van der Waals surface area (Å²) >= 11 is 0. The summed E-state index contributed by atoms with van der Waals surface area (Å²) in [6.07, 6.45) is 8.77. The smallest absolute Gasteiger partial charge is 0.337 e. The van der Waals surface area contributed by atoms with Crippen LogP contribution in [-0.4, -0.2) is 41.0 Å². The lowest BCUT2D eigenvalue weighted by Gasteiger charge is -2.50. The van der Waals surface area contributed by atoms with Crippen LogP contribution in [0.2, 0.25) is 0 Å². The molecular weight excluding hydrogens is 490 g/mol. The third-order valence-electron chi connectivity index (χ3n) is 9.94. The number of rotatable bonds is 7. The van der Waals surface area contributed by atoms with Crippen molar-refractivity contribution in [1.29, 1.82) is 0 Å². The van der Waals surface area contributed by atoms with Gasteiger partial charge in [-0.2, -0.15) is 0 Å². The molecule has 204 valence electrons. The number of fused-ring (bicyclic) bond motifs is 5. The van der Waals surface area contributed by atoms with Crippen LogP contribution in [0.3, 0.4) is 0 Å². The van der Waals surface area contributed by atoms with Gasteiger partial charge in [-0.05, 0) is 97.6 Å². The molecule has 3 aliphatic carbocycles. The number of ketones is 1. The molecule has 7 nitrogen and oxygen atoms in total. The van der Waals surface area contributed by atoms with Crippen LogP contribution in [0.25, 0.3) is 11.3 Å². The van der Waals surface area contributed by atoms with Gasteiger partial charge in [-0.3, -0.25) is 4.79 Å². The van der Waals surface area contributed by atoms with Gasteiger partial charge in [0.25, 0.3) is 0 Å². The van der Waals surface area contributed by atoms with E-state index in [1.54, 1.807) is 25.4 Å². The van der Waals surface area contributed by atoms with Gasteiger partial charge in [0.05, 0.1) is 31.7 Å². The average Bonchev–Trinajstić information content (AvgIpc) is 3.53. The standard InChI is InChI=1S/C32H37N3O4/c1-32-15-14-26-25-13-11-24(38-2)17-22(25)10-12-27(26)30(32)23(18-29(32)36)5-4-16-35-28(19-33-34-35)20-6-8-21(9-7-20)31(37)39-3/h6-9,11,13,17,19,23,26-27,30H,4-5,10,12,14-16,18H2,1-3H3/t23-,26-,27-,30+,32-/m1/s1. The van der Waals surface area contributed by atoms with Gasteiger partial charge in [-0.25, -0.2) is 9.48 Å². The molecule has 39 heavy (non-hydrogen) atoms. The summed E-state index contributed by atoms with van der Waals surface area (Å²) in [5.74, 6) is 3.04. The average molecular weight is 528 g/mol. The summed E-state index contributed by atoms with van der Waals surface area (Å²) in [5.41, 5.74) is 5.13. The first-order chi connectivity index (χ1) is 18.9. The van der Waals surface area contributed by atoms with E-state index in [-0.39, 0.29) is 11.4 Å². The Labute approximate surface area is 229 Å². The molecule has 0 spiro atoms. The first kappa shape index (κ1) is 25.8. The molecule has 2 fully saturated rings. The van der Waals surface area contributed by atoms with Gasteiger partial charge in [-0.1, -0.05) is 30.3 Å². The van der Waals surface area contributed by atoms with E-state index in [4.69, 9.17) is 9.47 Å². The largest absolute Gasteiger partial charge is 0.497 e. The molecular formula is C32H37N3O4. The fraction of sp³-hybridized carbons (Fsp3) is 0.500. The molecule has 6 rings (SSSR count). The van der Waals surface area contributed by atoms with Gasteiger partial charge in [0.15, 0.2) is 0 Å². The van der Waals surface area contributed by atoms with Crippen molar-refractivity contribution in [3.05, 3.63) is 65.4 Å². The fourth-order valence-corrected chi connectivity index (χ4v) is 8.05. The van der Waals surface area contributed by atoms with Crippen molar-refractivity contribution in [3.63, 3.8) is 0 Å². The van der Waals surface area contributed by atoms with E-state index in [0.29, 0.717) is 41.4 Å². The molecule has 3 aliphatic rings. The zero-order chi connectivity index (χ0) is 27.1. The molecule has 0 saturated heterocycles. The Hall–Kier alpha value is -3.48. The maximum atomic E-state index is 13.4. The Kier molecular flexibility index (Phi) is 6.77. The predicted octanol–water partition coefficient (Wildman–Crippen LogP) is 5.87. The van der Waals surface area contributed by atoms with Gasteiger partial charge < -0.3 is 9.47 Å². The number of hydrogen-bond acceptors (Lipinski definition) is 6. The molecule has 5 atom stereocenters. The molecule has 2 saturated carbocycles. The Balaban J connectivity index is 1.16. The predicted molar refractivity (Wildman–Crippen MR) is 148 cm³/mol. The van der Waals surface area contributed by atoms with Gasteiger partial charge in [-0.15, -0.1) is 5.10 Å². The van der Waals surface area contributed by atoms with E-state index in [1.165, 1.54) is 18.2 Å². The van der Waals surface area contributed by atoms with E-state index < -0.39 is 0 Å². The molecule has 7 heteroatoms. The summed E-state index contributed by atoms with van der Waals surface area (Å²) in [7, 11) is 3.12. The van der Waals surface area contributed by atoms with E-state index in [1.807, 2.05) is 16.8 Å². The number of aromatic nitrogens is 3. The minimum Gasteiger partial charge on any atom is -0.497 e. The molecule has 0 aliphatic heterocycles. The minimum atomic E-state index is -0.350. The highest BCUT2D eigenvalue weighted by atomic mass is 16.5. The highest BCUT2D eigenvalue weighted by Crippen LogP contribution is 2.62. The third-order valence-corrected chi connectivity index (χ3v) is 9.94. The first-order valence-electron chi connectivity index (χ1n) is 14.2. The van der Waals surface area contributed by atoms with E-state index in [9.17, 15) is 9.59 Å². The highest BCUT2D eigenvalue weighted by molar-refractivity contribution is 5.90. The van der Waals surface area contributed by atoms with Crippen LogP contribution in [0.1, 0.15) is 72.9 Å². The third kappa shape index (κ3) is 4.46. The molecule has 3 aromatic rings. The van der Waals surface area contributed by atoms with Gasteiger partial charge >= 0.3 is 5.97 Å². The SMILES string of the molecule is COC(=O)c1ccc(-c2cnnn2CCC[C@@H]2CC(=O)[C@@]3(C)CC[C@@H]4c5ccc(OC)cc5CC[C@H]4[C@H]23)cc1. The van der Waals surface area contributed by atoms with Crippen molar-refractivity contribution in [2.45, 2.75) is 64.3 Å². The van der Waals surface area contributed by atoms with Crippen molar-refractivity contribution in [3.8, 4) is 17.0 Å². The molecule has 0 bridgehead atoms. The molecule has 1 aromatic heterocycles. The van der Waals surface area contributed by atoms with Crippen molar-refractivity contribution in [2.75, 3.05) is 14.2 Å². The van der Waals surface area contributed by atoms with Crippen LogP contribution in [-0.2, 0) is 22.5 Å².